The second-order valence-corrected chi connectivity index (χ2v) is 6.55. The quantitative estimate of drug-likeness (QED) is 0.861. The van der Waals surface area contributed by atoms with Crippen LogP contribution in [0.15, 0.2) is 12.4 Å². The van der Waals surface area contributed by atoms with Gasteiger partial charge < -0.3 is 14.7 Å². The summed E-state index contributed by atoms with van der Waals surface area (Å²) in [5.74, 6) is 0. The molecular weight excluding hydrogens is 294 g/mol. The average Bonchev–Trinajstić information content (AvgIpc) is 2.37. The average molecular weight is 314 g/mol. The predicted molar refractivity (Wildman–Crippen MR) is 78.0 cm³/mol. The summed E-state index contributed by atoms with van der Waals surface area (Å²) < 4.78 is 5.33. The summed E-state index contributed by atoms with van der Waals surface area (Å²) in [6.45, 7) is 6.25. The number of amides is 1. The highest BCUT2D eigenvalue weighted by Gasteiger charge is 2.39. The first kappa shape index (κ1) is 16.0. The fraction of sp³-hybridized carbons (Fsp3) is 0.643. The van der Waals surface area contributed by atoms with E-state index < -0.39 is 11.2 Å². The molecule has 0 spiro atoms. The molecule has 0 bridgehead atoms. The van der Waals surface area contributed by atoms with Gasteiger partial charge in [0, 0.05) is 25.5 Å². The fourth-order valence-electron chi connectivity index (χ4n) is 2.26. The van der Waals surface area contributed by atoms with Crippen molar-refractivity contribution < 1.29 is 14.6 Å². The molecule has 0 saturated carbocycles. The molecule has 0 unspecified atom stereocenters. The highest BCUT2D eigenvalue weighted by Crippen LogP contribution is 2.34. The number of rotatable bonds is 1. The second-order valence-electron chi connectivity index (χ2n) is 6.19. The van der Waals surface area contributed by atoms with Crippen LogP contribution in [-0.4, -0.2) is 44.8 Å². The van der Waals surface area contributed by atoms with E-state index in [0.717, 1.165) is 0 Å². The molecule has 0 aromatic carbocycles. The maximum absolute atomic E-state index is 12.0. The first-order valence-corrected chi connectivity index (χ1v) is 7.26. The summed E-state index contributed by atoms with van der Waals surface area (Å²) in [7, 11) is 0. The molecule has 116 valence electrons. The van der Waals surface area contributed by atoms with E-state index in [0.29, 0.717) is 31.6 Å². The van der Waals surface area contributed by atoms with Crippen molar-refractivity contribution in [2.75, 3.05) is 13.1 Å². The Balaban J connectivity index is 2.03. The van der Waals surface area contributed by atoms with E-state index in [9.17, 15) is 9.90 Å². The Morgan fingerprint density at radius 1 is 1.33 bits per heavy atom. The summed E-state index contributed by atoms with van der Waals surface area (Å²) in [6.07, 6.45) is 3.31. The summed E-state index contributed by atoms with van der Waals surface area (Å²) in [5, 5.41) is 10.9. The summed E-state index contributed by atoms with van der Waals surface area (Å²) in [5.41, 5.74) is -1.31. The zero-order valence-electron chi connectivity index (χ0n) is 12.5. The molecule has 1 amide bonds. The van der Waals surface area contributed by atoms with Crippen molar-refractivity contribution in [3.8, 4) is 0 Å². The lowest BCUT2D eigenvalue weighted by atomic mass is 9.88. The third-order valence-corrected chi connectivity index (χ3v) is 3.61. The van der Waals surface area contributed by atoms with Crippen LogP contribution in [0.5, 0.6) is 0 Å². The van der Waals surface area contributed by atoms with Crippen molar-refractivity contribution in [2.24, 2.45) is 0 Å². The molecule has 0 radical (unpaired) electrons. The second kappa shape index (κ2) is 5.77. The molecule has 1 N–H and O–H groups in total. The topological polar surface area (TPSA) is 75.5 Å². The van der Waals surface area contributed by atoms with Gasteiger partial charge in [0.05, 0.1) is 0 Å². The van der Waals surface area contributed by atoms with Crippen LogP contribution in [0.3, 0.4) is 0 Å². The Bertz CT molecular complexity index is 522. The largest absolute Gasteiger partial charge is 0.444 e. The number of carbonyl (C=O) groups is 1. The molecule has 6 nitrogen and oxygen atoms in total. The Morgan fingerprint density at radius 3 is 2.43 bits per heavy atom. The van der Waals surface area contributed by atoms with Gasteiger partial charge >= 0.3 is 6.09 Å². The van der Waals surface area contributed by atoms with Gasteiger partial charge in [0.1, 0.15) is 16.9 Å². The van der Waals surface area contributed by atoms with E-state index >= 15 is 0 Å². The summed E-state index contributed by atoms with van der Waals surface area (Å²) in [4.78, 5) is 21.6. The van der Waals surface area contributed by atoms with Crippen molar-refractivity contribution >= 4 is 17.7 Å². The number of ether oxygens (including phenoxy) is 1. The molecule has 1 fully saturated rings. The first-order valence-electron chi connectivity index (χ1n) is 6.89. The maximum atomic E-state index is 12.0. The Hall–Kier alpha value is -1.40. The summed E-state index contributed by atoms with van der Waals surface area (Å²) >= 11 is 5.99. The van der Waals surface area contributed by atoms with Crippen LogP contribution in [0.1, 0.15) is 39.3 Å². The zero-order chi connectivity index (χ0) is 15.7. The van der Waals surface area contributed by atoms with Gasteiger partial charge in [0.15, 0.2) is 5.15 Å². The van der Waals surface area contributed by atoms with Gasteiger partial charge in [-0.05, 0) is 33.6 Å². The molecule has 21 heavy (non-hydrogen) atoms. The van der Waals surface area contributed by atoms with Gasteiger partial charge in [-0.3, -0.25) is 4.98 Å². The highest BCUT2D eigenvalue weighted by molar-refractivity contribution is 6.30. The van der Waals surface area contributed by atoms with Crippen LogP contribution in [0.2, 0.25) is 5.15 Å². The van der Waals surface area contributed by atoms with Crippen molar-refractivity contribution in [1.82, 2.24) is 14.9 Å². The molecule has 1 aliphatic rings. The van der Waals surface area contributed by atoms with E-state index in [4.69, 9.17) is 16.3 Å². The van der Waals surface area contributed by atoms with Gasteiger partial charge in [0.2, 0.25) is 0 Å². The van der Waals surface area contributed by atoms with Crippen molar-refractivity contribution in [2.45, 2.75) is 44.8 Å². The standard InChI is InChI=1S/C14H20ClN3O3/c1-13(2,3)21-12(19)18-8-4-14(20,5-9-18)10-11(15)17-7-6-16-10/h6-7,20H,4-5,8-9H2,1-3H3. The Kier molecular flexibility index (Phi) is 4.39. The van der Waals surface area contributed by atoms with Gasteiger partial charge in [-0.25, -0.2) is 9.78 Å². The van der Waals surface area contributed by atoms with E-state index in [1.807, 2.05) is 20.8 Å². The number of piperidine rings is 1. The van der Waals surface area contributed by atoms with Crippen LogP contribution in [-0.2, 0) is 10.3 Å². The minimum absolute atomic E-state index is 0.200. The smallest absolute Gasteiger partial charge is 0.410 e. The Labute approximate surface area is 129 Å². The van der Waals surface area contributed by atoms with E-state index in [2.05, 4.69) is 9.97 Å². The number of aromatic nitrogens is 2. The van der Waals surface area contributed by atoms with Crippen LogP contribution in [0.4, 0.5) is 4.79 Å². The van der Waals surface area contributed by atoms with Crippen LogP contribution < -0.4 is 0 Å². The van der Waals surface area contributed by atoms with Crippen LogP contribution in [0.25, 0.3) is 0 Å². The zero-order valence-corrected chi connectivity index (χ0v) is 13.2. The van der Waals surface area contributed by atoms with E-state index in [1.54, 1.807) is 4.90 Å². The lowest BCUT2D eigenvalue weighted by Crippen LogP contribution is -2.47. The molecule has 1 aliphatic heterocycles. The monoisotopic (exact) mass is 313 g/mol. The molecule has 0 atom stereocenters. The fourth-order valence-corrected chi connectivity index (χ4v) is 2.54. The molecule has 7 heteroatoms. The number of hydrogen-bond acceptors (Lipinski definition) is 5. The number of nitrogens with zero attached hydrogens (tertiary/aromatic N) is 3. The minimum Gasteiger partial charge on any atom is -0.444 e. The SMILES string of the molecule is CC(C)(C)OC(=O)N1CCC(O)(c2nccnc2Cl)CC1. The lowest BCUT2D eigenvalue weighted by Gasteiger charge is -2.38. The number of aliphatic hydroxyl groups is 1. The third kappa shape index (κ3) is 3.83. The maximum Gasteiger partial charge on any atom is 0.410 e. The number of likely N-dealkylation sites (tertiary alicyclic amines) is 1. The molecule has 0 aliphatic carbocycles. The number of halogens is 1. The van der Waals surface area contributed by atoms with Crippen molar-refractivity contribution in [3.63, 3.8) is 0 Å². The normalized spacial score (nSPS) is 18.4. The van der Waals surface area contributed by atoms with Gasteiger partial charge in [-0.15, -0.1) is 0 Å². The molecular formula is C14H20ClN3O3. The Morgan fingerprint density at radius 2 is 1.90 bits per heavy atom. The minimum atomic E-state index is -1.15. The van der Waals surface area contributed by atoms with Crippen molar-refractivity contribution in [3.05, 3.63) is 23.2 Å². The van der Waals surface area contributed by atoms with Crippen LogP contribution >= 0.6 is 11.6 Å². The highest BCUT2D eigenvalue weighted by atomic mass is 35.5. The molecule has 2 heterocycles. The molecule has 1 aromatic rings. The predicted octanol–water partition coefficient (Wildman–Crippen LogP) is 2.35. The third-order valence-electron chi connectivity index (χ3n) is 3.34. The summed E-state index contributed by atoms with van der Waals surface area (Å²) in [6, 6.07) is 0. The van der Waals surface area contributed by atoms with Crippen LogP contribution in [0, 0.1) is 0 Å². The van der Waals surface area contributed by atoms with E-state index in [-0.39, 0.29) is 11.2 Å². The lowest BCUT2D eigenvalue weighted by molar-refractivity contribution is -0.0382. The molecule has 1 aromatic heterocycles. The van der Waals surface area contributed by atoms with E-state index in [1.165, 1.54) is 12.4 Å². The number of hydrogen-bond donors (Lipinski definition) is 1. The van der Waals surface area contributed by atoms with Gasteiger partial charge in [0.25, 0.3) is 0 Å². The molecule has 2 rings (SSSR count). The number of carbonyl (C=O) groups excluding carboxylic acids is 1. The first-order chi connectivity index (χ1) is 9.71. The van der Waals surface area contributed by atoms with Gasteiger partial charge in [-0.1, -0.05) is 11.6 Å². The molecule has 1 saturated heterocycles. The van der Waals surface area contributed by atoms with Crippen molar-refractivity contribution in [1.29, 1.82) is 0 Å². The van der Waals surface area contributed by atoms with Gasteiger partial charge in [-0.2, -0.15) is 0 Å².